The van der Waals surface area contributed by atoms with E-state index in [4.69, 9.17) is 9.52 Å². The molecule has 0 aromatic carbocycles. The first-order valence-corrected chi connectivity index (χ1v) is 3.65. The smallest absolute Gasteiger partial charge is 0.321 e. The van der Waals surface area contributed by atoms with E-state index in [0.29, 0.717) is 18.7 Å². The van der Waals surface area contributed by atoms with E-state index in [9.17, 15) is 4.79 Å². The van der Waals surface area contributed by atoms with Crippen LogP contribution in [0.4, 0.5) is 0 Å². The lowest BCUT2D eigenvalue weighted by Crippen LogP contribution is -2.41. The van der Waals surface area contributed by atoms with E-state index in [-0.39, 0.29) is 0 Å². The van der Waals surface area contributed by atoms with Gasteiger partial charge in [0.15, 0.2) is 6.39 Å². The molecule has 0 radical (unpaired) electrons. The van der Waals surface area contributed by atoms with Crippen LogP contribution in [0.1, 0.15) is 11.5 Å². The van der Waals surface area contributed by atoms with Crippen LogP contribution in [0.5, 0.6) is 0 Å². The molecule has 1 atom stereocenters. The minimum Gasteiger partial charge on any atom is -0.480 e. The average Bonchev–Trinajstić information content (AvgIpc) is 2.49. The summed E-state index contributed by atoms with van der Waals surface area (Å²) in [7, 11) is 0. The summed E-state index contributed by atoms with van der Waals surface area (Å²) >= 11 is 0. The molecular weight excluding hydrogens is 160 g/mol. The summed E-state index contributed by atoms with van der Waals surface area (Å²) in [5.41, 5.74) is 0.813. The zero-order valence-electron chi connectivity index (χ0n) is 6.28. The molecule has 12 heavy (non-hydrogen) atoms. The van der Waals surface area contributed by atoms with Crippen molar-refractivity contribution in [1.82, 2.24) is 10.3 Å². The van der Waals surface area contributed by atoms with Crippen LogP contribution in [-0.4, -0.2) is 22.1 Å². The van der Waals surface area contributed by atoms with Crippen LogP contribution in [0.3, 0.4) is 0 Å². The Bertz CT molecular complexity index is 307. The number of carboxylic acid groups (broad SMARTS) is 1. The number of oxazole rings is 1. The predicted molar refractivity (Wildman–Crippen MR) is 38.5 cm³/mol. The van der Waals surface area contributed by atoms with Crippen LogP contribution in [0.2, 0.25) is 0 Å². The van der Waals surface area contributed by atoms with E-state index in [1.165, 1.54) is 6.39 Å². The molecular formula is C7H8N2O3. The summed E-state index contributed by atoms with van der Waals surface area (Å²) in [6.45, 7) is 0.475. The molecule has 0 spiro atoms. The number of aromatic nitrogens is 1. The highest BCUT2D eigenvalue weighted by atomic mass is 16.4. The van der Waals surface area contributed by atoms with Crippen molar-refractivity contribution < 1.29 is 14.3 Å². The third-order valence-electron chi connectivity index (χ3n) is 1.93. The minimum absolute atomic E-state index is 0.380. The van der Waals surface area contributed by atoms with Crippen molar-refractivity contribution in [2.75, 3.05) is 0 Å². The van der Waals surface area contributed by atoms with Gasteiger partial charge < -0.3 is 9.52 Å². The Kier molecular flexibility index (Phi) is 1.58. The topological polar surface area (TPSA) is 75.4 Å². The van der Waals surface area contributed by atoms with Crippen LogP contribution in [0.25, 0.3) is 0 Å². The van der Waals surface area contributed by atoms with Crippen LogP contribution in [-0.2, 0) is 17.8 Å². The first-order chi connectivity index (χ1) is 5.77. The Labute approximate surface area is 68.4 Å². The maximum atomic E-state index is 10.6. The maximum Gasteiger partial charge on any atom is 0.321 e. The highest BCUT2D eigenvalue weighted by Gasteiger charge is 2.26. The summed E-state index contributed by atoms with van der Waals surface area (Å²) in [5.74, 6) is -0.168. The average molecular weight is 168 g/mol. The fourth-order valence-electron chi connectivity index (χ4n) is 1.26. The van der Waals surface area contributed by atoms with E-state index in [2.05, 4.69) is 10.3 Å². The second-order valence-corrected chi connectivity index (χ2v) is 2.70. The number of carboxylic acids is 1. The fraction of sp³-hybridized carbons (Fsp3) is 0.429. The van der Waals surface area contributed by atoms with E-state index in [1.807, 2.05) is 0 Å². The summed E-state index contributed by atoms with van der Waals surface area (Å²) in [4.78, 5) is 14.5. The lowest BCUT2D eigenvalue weighted by molar-refractivity contribution is -0.139. The van der Waals surface area contributed by atoms with Gasteiger partial charge in [-0.1, -0.05) is 0 Å². The molecule has 1 aliphatic heterocycles. The number of carbonyl (C=O) groups is 1. The van der Waals surface area contributed by atoms with Crippen LogP contribution < -0.4 is 5.32 Å². The van der Waals surface area contributed by atoms with Crippen molar-refractivity contribution in [3.8, 4) is 0 Å². The Morgan fingerprint density at radius 2 is 2.67 bits per heavy atom. The SMILES string of the molecule is O=C(O)C1Cc2ocnc2CN1. The Balaban J connectivity index is 2.20. The number of rotatable bonds is 1. The number of nitrogens with zero attached hydrogens (tertiary/aromatic N) is 1. The summed E-state index contributed by atoms with van der Waals surface area (Å²) in [6, 6.07) is -0.537. The van der Waals surface area contributed by atoms with Crippen molar-refractivity contribution in [1.29, 1.82) is 0 Å². The van der Waals surface area contributed by atoms with Crippen molar-refractivity contribution in [3.63, 3.8) is 0 Å². The molecule has 1 unspecified atom stereocenters. The third-order valence-corrected chi connectivity index (χ3v) is 1.93. The van der Waals surface area contributed by atoms with Crippen LogP contribution in [0.15, 0.2) is 10.8 Å². The Morgan fingerprint density at radius 3 is 3.42 bits per heavy atom. The molecule has 2 N–H and O–H groups in total. The van der Waals surface area contributed by atoms with Gasteiger partial charge in [0, 0.05) is 13.0 Å². The summed E-state index contributed by atoms with van der Waals surface area (Å²) in [5, 5.41) is 11.5. The summed E-state index contributed by atoms with van der Waals surface area (Å²) < 4.78 is 5.02. The molecule has 0 saturated heterocycles. The molecule has 5 nitrogen and oxygen atoms in total. The molecule has 64 valence electrons. The lowest BCUT2D eigenvalue weighted by Gasteiger charge is -2.17. The number of nitrogens with one attached hydrogen (secondary N) is 1. The van der Waals surface area contributed by atoms with Crippen molar-refractivity contribution in [2.24, 2.45) is 0 Å². The van der Waals surface area contributed by atoms with Gasteiger partial charge in [-0.2, -0.15) is 0 Å². The molecule has 0 saturated carbocycles. The van der Waals surface area contributed by atoms with Gasteiger partial charge in [0.2, 0.25) is 0 Å². The van der Waals surface area contributed by atoms with E-state index >= 15 is 0 Å². The van der Waals surface area contributed by atoms with Crippen molar-refractivity contribution >= 4 is 5.97 Å². The standard InChI is InChI=1S/C7H8N2O3/c10-7(11)4-1-6-5(2-8-4)9-3-12-6/h3-4,8H,1-2H2,(H,10,11). The normalized spacial score (nSPS) is 21.8. The second kappa shape index (κ2) is 2.60. The maximum absolute atomic E-state index is 10.6. The lowest BCUT2D eigenvalue weighted by atomic mass is 10.1. The largest absolute Gasteiger partial charge is 0.480 e. The fourth-order valence-corrected chi connectivity index (χ4v) is 1.26. The molecule has 2 rings (SSSR count). The minimum atomic E-state index is -0.850. The zero-order valence-corrected chi connectivity index (χ0v) is 6.28. The van der Waals surface area contributed by atoms with Gasteiger partial charge in [0.05, 0.1) is 5.69 Å². The van der Waals surface area contributed by atoms with Gasteiger partial charge >= 0.3 is 5.97 Å². The third kappa shape index (κ3) is 1.08. The molecule has 0 fully saturated rings. The highest BCUT2D eigenvalue weighted by Crippen LogP contribution is 2.14. The molecule has 0 bridgehead atoms. The second-order valence-electron chi connectivity index (χ2n) is 2.70. The number of fused-ring (bicyclic) bond motifs is 1. The molecule has 2 heterocycles. The van der Waals surface area contributed by atoms with Crippen molar-refractivity contribution in [3.05, 3.63) is 17.8 Å². The van der Waals surface area contributed by atoms with Gasteiger partial charge in [-0.25, -0.2) is 4.98 Å². The van der Waals surface area contributed by atoms with E-state index in [0.717, 1.165) is 5.69 Å². The highest BCUT2D eigenvalue weighted by molar-refractivity contribution is 5.74. The van der Waals surface area contributed by atoms with Gasteiger partial charge in [0.1, 0.15) is 11.8 Å². The van der Waals surface area contributed by atoms with Gasteiger partial charge in [-0.15, -0.1) is 0 Å². The molecule has 1 aromatic heterocycles. The van der Waals surface area contributed by atoms with Crippen LogP contribution >= 0.6 is 0 Å². The number of aliphatic carboxylic acids is 1. The first-order valence-electron chi connectivity index (χ1n) is 3.65. The van der Waals surface area contributed by atoms with Crippen LogP contribution in [0, 0.1) is 0 Å². The van der Waals surface area contributed by atoms with E-state index < -0.39 is 12.0 Å². The Hall–Kier alpha value is -1.36. The van der Waals surface area contributed by atoms with Gasteiger partial charge in [-0.3, -0.25) is 10.1 Å². The van der Waals surface area contributed by atoms with Gasteiger partial charge in [-0.05, 0) is 0 Å². The first kappa shape index (κ1) is 7.30. The summed E-state index contributed by atoms with van der Waals surface area (Å²) in [6.07, 6.45) is 1.72. The quantitative estimate of drug-likeness (QED) is 0.606. The van der Waals surface area contributed by atoms with E-state index in [1.54, 1.807) is 0 Å². The molecule has 0 amide bonds. The molecule has 5 heteroatoms. The monoisotopic (exact) mass is 168 g/mol. The predicted octanol–water partition coefficient (Wildman–Crippen LogP) is -0.226. The Morgan fingerprint density at radius 1 is 1.83 bits per heavy atom. The zero-order chi connectivity index (χ0) is 8.55. The number of hydrogen-bond donors (Lipinski definition) is 2. The molecule has 1 aromatic rings. The number of hydrogen-bond acceptors (Lipinski definition) is 4. The van der Waals surface area contributed by atoms with Crippen molar-refractivity contribution in [2.45, 2.75) is 19.0 Å². The molecule has 1 aliphatic rings. The van der Waals surface area contributed by atoms with Gasteiger partial charge in [0.25, 0.3) is 0 Å². The molecule has 0 aliphatic carbocycles.